The molecule has 0 unspecified atom stereocenters. The smallest absolute Gasteiger partial charge is 0.187 e. The largest absolute Gasteiger partial charge is 0.411 e. The van der Waals surface area contributed by atoms with Gasteiger partial charge >= 0.3 is 0 Å². The van der Waals surface area contributed by atoms with Crippen molar-refractivity contribution in [2.24, 2.45) is 16.0 Å². The number of nitrogens with zero attached hydrogens (tertiary/aromatic N) is 1. The Bertz CT molecular complexity index is 238. The number of hydrogen-bond acceptors (Lipinski definition) is 3. The van der Waals surface area contributed by atoms with E-state index in [-0.39, 0.29) is 16.6 Å². The number of ketones is 1. The van der Waals surface area contributed by atoms with Gasteiger partial charge in [0.15, 0.2) is 5.78 Å². The van der Waals surface area contributed by atoms with Crippen molar-refractivity contribution < 1.29 is 10.0 Å². The van der Waals surface area contributed by atoms with Crippen LogP contribution in [-0.2, 0) is 4.79 Å². The molecule has 1 rings (SSSR count). The van der Waals surface area contributed by atoms with E-state index in [1.807, 2.05) is 27.7 Å². The molecule has 0 atom stereocenters. The van der Waals surface area contributed by atoms with Crippen molar-refractivity contribution in [2.75, 3.05) is 0 Å². The van der Waals surface area contributed by atoms with E-state index >= 15 is 0 Å². The Labute approximate surface area is 66.1 Å². The summed E-state index contributed by atoms with van der Waals surface area (Å²) in [5, 5.41) is 11.5. The number of hydrogen-bond donors (Lipinski definition) is 1. The second kappa shape index (κ2) is 1.84. The zero-order valence-electron chi connectivity index (χ0n) is 7.30. The molecule has 11 heavy (non-hydrogen) atoms. The molecule has 0 aliphatic heterocycles. The Morgan fingerprint density at radius 3 is 1.82 bits per heavy atom. The topological polar surface area (TPSA) is 49.7 Å². The van der Waals surface area contributed by atoms with E-state index in [1.165, 1.54) is 0 Å². The number of Topliss-reactive ketones (excluding diaryl/α,β-unsaturated/α-hetero) is 1. The second-order valence-corrected chi connectivity index (χ2v) is 4.03. The van der Waals surface area contributed by atoms with E-state index in [9.17, 15) is 4.79 Å². The summed E-state index contributed by atoms with van der Waals surface area (Å²) in [4.78, 5) is 11.2. The van der Waals surface area contributed by atoms with Gasteiger partial charge in [0.05, 0.1) is 0 Å². The molecule has 3 heteroatoms. The Kier molecular flexibility index (Phi) is 1.38. The van der Waals surface area contributed by atoms with Crippen LogP contribution >= 0.6 is 0 Å². The molecule has 1 N–H and O–H groups in total. The Morgan fingerprint density at radius 1 is 1.18 bits per heavy atom. The highest BCUT2D eigenvalue weighted by molar-refractivity contribution is 6.50. The third-order valence-corrected chi connectivity index (χ3v) is 3.04. The summed E-state index contributed by atoms with van der Waals surface area (Å²) in [6.45, 7) is 7.54. The standard InChI is InChI=1S/C8H13NO2/c1-7(2)5(9-11)6(10)8(7,3)4/h11H,1-4H3. The third kappa shape index (κ3) is 0.682. The van der Waals surface area contributed by atoms with E-state index in [0.717, 1.165) is 0 Å². The molecule has 0 amide bonds. The average Bonchev–Trinajstić information content (AvgIpc) is 1.88. The first-order valence-corrected chi connectivity index (χ1v) is 3.63. The fourth-order valence-corrected chi connectivity index (χ4v) is 1.27. The first kappa shape index (κ1) is 8.24. The molecule has 3 nitrogen and oxygen atoms in total. The highest BCUT2D eigenvalue weighted by Crippen LogP contribution is 2.50. The summed E-state index contributed by atoms with van der Waals surface area (Å²) < 4.78 is 0. The SMILES string of the molecule is CC1(C)C(=O)C(=NO)C1(C)C. The van der Waals surface area contributed by atoms with Gasteiger partial charge in [0.1, 0.15) is 5.71 Å². The van der Waals surface area contributed by atoms with Crippen molar-refractivity contribution in [2.45, 2.75) is 27.7 Å². The molecule has 0 heterocycles. The van der Waals surface area contributed by atoms with Crippen LogP contribution in [0.5, 0.6) is 0 Å². The van der Waals surface area contributed by atoms with Gasteiger partial charge < -0.3 is 5.21 Å². The zero-order chi connectivity index (χ0) is 8.86. The number of carbonyl (C=O) groups excluding carboxylic acids is 1. The molecule has 0 saturated heterocycles. The zero-order valence-corrected chi connectivity index (χ0v) is 7.30. The van der Waals surface area contributed by atoms with E-state index in [1.54, 1.807) is 0 Å². The van der Waals surface area contributed by atoms with Gasteiger partial charge in [-0.1, -0.05) is 32.9 Å². The van der Waals surface area contributed by atoms with Crippen LogP contribution in [-0.4, -0.2) is 16.7 Å². The summed E-state index contributed by atoms with van der Waals surface area (Å²) >= 11 is 0. The van der Waals surface area contributed by atoms with E-state index in [4.69, 9.17) is 5.21 Å². The van der Waals surface area contributed by atoms with Crippen LogP contribution in [0.15, 0.2) is 5.16 Å². The maximum Gasteiger partial charge on any atom is 0.187 e. The molecule has 1 fully saturated rings. The monoisotopic (exact) mass is 155 g/mol. The van der Waals surface area contributed by atoms with E-state index in [0.29, 0.717) is 5.71 Å². The minimum Gasteiger partial charge on any atom is -0.411 e. The molecule has 0 radical (unpaired) electrons. The maximum absolute atomic E-state index is 11.2. The Balaban J connectivity index is 3.08. The van der Waals surface area contributed by atoms with Gasteiger partial charge in [-0.2, -0.15) is 0 Å². The molecular formula is C8H13NO2. The lowest BCUT2D eigenvalue weighted by atomic mass is 9.51. The molecule has 0 aromatic heterocycles. The lowest BCUT2D eigenvalue weighted by molar-refractivity contribution is -0.131. The van der Waals surface area contributed by atoms with Crippen molar-refractivity contribution in [1.82, 2.24) is 0 Å². The summed E-state index contributed by atoms with van der Waals surface area (Å²) in [6.07, 6.45) is 0. The van der Waals surface area contributed by atoms with Crippen molar-refractivity contribution in [3.05, 3.63) is 0 Å². The van der Waals surface area contributed by atoms with E-state index in [2.05, 4.69) is 5.16 Å². The van der Waals surface area contributed by atoms with Gasteiger partial charge in [-0.05, 0) is 0 Å². The molecule has 0 spiro atoms. The lowest BCUT2D eigenvalue weighted by Crippen LogP contribution is -2.61. The van der Waals surface area contributed by atoms with Gasteiger partial charge in [0, 0.05) is 10.8 Å². The maximum atomic E-state index is 11.2. The molecule has 0 aromatic rings. The molecule has 1 aliphatic rings. The molecule has 1 saturated carbocycles. The fourth-order valence-electron chi connectivity index (χ4n) is 1.27. The quantitative estimate of drug-likeness (QED) is 0.425. The van der Waals surface area contributed by atoms with Crippen molar-refractivity contribution in [1.29, 1.82) is 0 Å². The van der Waals surface area contributed by atoms with E-state index < -0.39 is 0 Å². The van der Waals surface area contributed by atoms with Gasteiger partial charge in [0.25, 0.3) is 0 Å². The van der Waals surface area contributed by atoms with Crippen LogP contribution < -0.4 is 0 Å². The van der Waals surface area contributed by atoms with Crippen molar-refractivity contribution in [3.63, 3.8) is 0 Å². The molecular weight excluding hydrogens is 142 g/mol. The van der Waals surface area contributed by atoms with Crippen LogP contribution in [0.1, 0.15) is 27.7 Å². The van der Waals surface area contributed by atoms with Crippen molar-refractivity contribution in [3.8, 4) is 0 Å². The van der Waals surface area contributed by atoms with Gasteiger partial charge in [-0.3, -0.25) is 4.79 Å². The molecule has 1 aliphatic carbocycles. The first-order chi connectivity index (χ1) is 4.85. The predicted octanol–water partition coefficient (Wildman–Crippen LogP) is 1.45. The van der Waals surface area contributed by atoms with Crippen LogP contribution in [0.25, 0.3) is 0 Å². The Morgan fingerprint density at radius 2 is 1.64 bits per heavy atom. The fraction of sp³-hybridized carbons (Fsp3) is 0.750. The van der Waals surface area contributed by atoms with Crippen molar-refractivity contribution >= 4 is 11.5 Å². The third-order valence-electron chi connectivity index (χ3n) is 3.04. The summed E-state index contributed by atoms with van der Waals surface area (Å²) in [5.41, 5.74) is -0.379. The number of rotatable bonds is 0. The minimum absolute atomic E-state index is 0.0509. The normalized spacial score (nSPS) is 30.2. The first-order valence-electron chi connectivity index (χ1n) is 3.63. The average molecular weight is 155 g/mol. The highest BCUT2D eigenvalue weighted by atomic mass is 16.4. The van der Waals surface area contributed by atoms with Gasteiger partial charge in [0.2, 0.25) is 0 Å². The van der Waals surface area contributed by atoms with Crippen LogP contribution in [0, 0.1) is 10.8 Å². The minimum atomic E-state index is -0.380. The van der Waals surface area contributed by atoms with Crippen LogP contribution in [0.2, 0.25) is 0 Å². The van der Waals surface area contributed by atoms with Gasteiger partial charge in [-0.15, -0.1) is 0 Å². The molecule has 62 valence electrons. The number of carbonyl (C=O) groups is 1. The summed E-state index contributed by atoms with van der Waals surface area (Å²) in [5.74, 6) is -0.0509. The predicted molar refractivity (Wildman–Crippen MR) is 41.8 cm³/mol. The summed E-state index contributed by atoms with van der Waals surface area (Å²) in [6, 6.07) is 0. The van der Waals surface area contributed by atoms with Crippen LogP contribution in [0.4, 0.5) is 0 Å². The van der Waals surface area contributed by atoms with Gasteiger partial charge in [-0.25, -0.2) is 0 Å². The Hall–Kier alpha value is -0.860. The second-order valence-electron chi connectivity index (χ2n) is 4.03. The lowest BCUT2D eigenvalue weighted by Gasteiger charge is -2.49. The number of oxime groups is 1. The molecule has 0 aromatic carbocycles. The summed E-state index contributed by atoms with van der Waals surface area (Å²) in [7, 11) is 0. The van der Waals surface area contributed by atoms with Crippen LogP contribution in [0.3, 0.4) is 0 Å². The molecule has 0 bridgehead atoms. The highest BCUT2D eigenvalue weighted by Gasteiger charge is 2.60.